The van der Waals surface area contributed by atoms with E-state index in [1.807, 2.05) is 31.2 Å². The molecule has 1 spiro atoms. The van der Waals surface area contributed by atoms with Crippen LogP contribution in [0.25, 0.3) is 0 Å². The van der Waals surface area contributed by atoms with Gasteiger partial charge in [0.25, 0.3) is 0 Å². The molecule has 0 atom stereocenters. The summed E-state index contributed by atoms with van der Waals surface area (Å²) in [6, 6.07) is 8.05. The van der Waals surface area contributed by atoms with Crippen LogP contribution in [0.1, 0.15) is 50.2 Å². The summed E-state index contributed by atoms with van der Waals surface area (Å²) in [5, 5.41) is 6.00. The van der Waals surface area contributed by atoms with Gasteiger partial charge >= 0.3 is 0 Å². The van der Waals surface area contributed by atoms with E-state index in [2.05, 4.69) is 5.10 Å². The standard InChI is InChI=1S/C16H20N2O2/c1-12-6-8-14(9-7-12)15-17-18(13(2)19)16(20-15)10-4-3-5-11-16/h6-9H,3-5,10-11H2,1-2H3. The molecule has 3 rings (SSSR count). The van der Waals surface area contributed by atoms with E-state index in [0.717, 1.165) is 31.2 Å². The van der Waals surface area contributed by atoms with Gasteiger partial charge in [0.15, 0.2) is 0 Å². The number of amides is 1. The van der Waals surface area contributed by atoms with Crippen molar-refractivity contribution in [1.29, 1.82) is 0 Å². The van der Waals surface area contributed by atoms with Gasteiger partial charge < -0.3 is 4.74 Å². The molecule has 1 aromatic rings. The molecule has 2 aliphatic rings. The molecule has 0 radical (unpaired) electrons. The zero-order chi connectivity index (χ0) is 14.2. The lowest BCUT2D eigenvalue weighted by atomic mass is 9.91. The normalized spacial score (nSPS) is 20.7. The highest BCUT2D eigenvalue weighted by molar-refractivity contribution is 5.96. The first kappa shape index (κ1) is 13.2. The molecule has 1 amide bonds. The van der Waals surface area contributed by atoms with Gasteiger partial charge in [0.2, 0.25) is 17.5 Å². The SMILES string of the molecule is CC(=O)N1N=C(c2ccc(C)cc2)OC12CCCCC2. The van der Waals surface area contributed by atoms with Crippen molar-refractivity contribution in [1.82, 2.24) is 5.01 Å². The summed E-state index contributed by atoms with van der Waals surface area (Å²) in [6.07, 6.45) is 5.11. The van der Waals surface area contributed by atoms with Gasteiger partial charge in [0.1, 0.15) is 0 Å². The summed E-state index contributed by atoms with van der Waals surface area (Å²) in [5.74, 6) is 0.524. The van der Waals surface area contributed by atoms with E-state index in [1.165, 1.54) is 12.0 Å². The molecule has 4 heteroatoms. The van der Waals surface area contributed by atoms with E-state index in [1.54, 1.807) is 11.9 Å². The van der Waals surface area contributed by atoms with Crippen LogP contribution in [0.3, 0.4) is 0 Å². The molecule has 0 bridgehead atoms. The lowest BCUT2D eigenvalue weighted by molar-refractivity contribution is -0.151. The summed E-state index contributed by atoms with van der Waals surface area (Å²) < 4.78 is 6.14. The average Bonchev–Trinajstić information content (AvgIpc) is 2.80. The third-order valence-corrected chi connectivity index (χ3v) is 4.10. The van der Waals surface area contributed by atoms with Crippen LogP contribution in [-0.2, 0) is 9.53 Å². The molecule has 4 nitrogen and oxygen atoms in total. The Labute approximate surface area is 119 Å². The molecule has 1 aliphatic heterocycles. The number of hydrazone groups is 1. The van der Waals surface area contributed by atoms with Gasteiger partial charge in [-0.05, 0) is 31.9 Å². The lowest BCUT2D eigenvalue weighted by Crippen LogP contribution is -2.48. The Bertz CT molecular complexity index is 542. The molecule has 1 fully saturated rings. The number of nitrogens with zero attached hydrogens (tertiary/aromatic N) is 2. The highest BCUT2D eigenvalue weighted by Crippen LogP contribution is 2.39. The van der Waals surface area contributed by atoms with Crippen molar-refractivity contribution in [2.24, 2.45) is 5.10 Å². The zero-order valence-electron chi connectivity index (χ0n) is 12.1. The predicted octanol–water partition coefficient (Wildman–Crippen LogP) is 3.20. The molecule has 1 saturated carbocycles. The summed E-state index contributed by atoms with van der Waals surface area (Å²) in [6.45, 7) is 3.60. The fourth-order valence-electron chi connectivity index (χ4n) is 3.01. The topological polar surface area (TPSA) is 41.9 Å². The Morgan fingerprint density at radius 1 is 1.20 bits per heavy atom. The maximum Gasteiger partial charge on any atom is 0.243 e. The average molecular weight is 272 g/mol. The maximum absolute atomic E-state index is 11.9. The maximum atomic E-state index is 11.9. The Morgan fingerprint density at radius 2 is 1.85 bits per heavy atom. The van der Waals surface area contributed by atoms with Gasteiger partial charge in [0, 0.05) is 25.3 Å². The van der Waals surface area contributed by atoms with Crippen LogP contribution in [0.4, 0.5) is 0 Å². The van der Waals surface area contributed by atoms with Crippen molar-refractivity contribution < 1.29 is 9.53 Å². The molecule has 1 heterocycles. The number of aryl methyl sites for hydroxylation is 1. The number of ether oxygens (including phenoxy) is 1. The van der Waals surface area contributed by atoms with Crippen LogP contribution < -0.4 is 0 Å². The molecular formula is C16H20N2O2. The number of hydrogen-bond acceptors (Lipinski definition) is 3. The van der Waals surface area contributed by atoms with Gasteiger partial charge in [-0.15, -0.1) is 5.10 Å². The minimum atomic E-state index is -0.537. The minimum Gasteiger partial charge on any atom is -0.447 e. The Kier molecular flexibility index (Phi) is 3.24. The quantitative estimate of drug-likeness (QED) is 0.788. The first-order valence-electron chi connectivity index (χ1n) is 7.26. The minimum absolute atomic E-state index is 0.0472. The van der Waals surface area contributed by atoms with E-state index in [9.17, 15) is 4.79 Å². The second-order valence-electron chi connectivity index (χ2n) is 5.71. The lowest BCUT2D eigenvalue weighted by Gasteiger charge is -2.37. The van der Waals surface area contributed by atoms with Gasteiger partial charge in [-0.1, -0.05) is 24.1 Å². The van der Waals surface area contributed by atoms with Gasteiger partial charge in [-0.3, -0.25) is 4.79 Å². The summed E-state index contributed by atoms with van der Waals surface area (Å²) in [7, 11) is 0. The summed E-state index contributed by atoms with van der Waals surface area (Å²) >= 11 is 0. The first-order valence-corrected chi connectivity index (χ1v) is 7.26. The van der Waals surface area contributed by atoms with Gasteiger partial charge in [0.05, 0.1) is 0 Å². The van der Waals surface area contributed by atoms with Crippen LogP contribution in [0.2, 0.25) is 0 Å². The smallest absolute Gasteiger partial charge is 0.243 e. The molecule has 0 unspecified atom stereocenters. The van der Waals surface area contributed by atoms with Crippen LogP contribution in [0.15, 0.2) is 29.4 Å². The van der Waals surface area contributed by atoms with E-state index < -0.39 is 5.72 Å². The molecule has 20 heavy (non-hydrogen) atoms. The van der Waals surface area contributed by atoms with Crippen LogP contribution in [0.5, 0.6) is 0 Å². The van der Waals surface area contributed by atoms with Crippen molar-refractivity contribution in [2.75, 3.05) is 0 Å². The van der Waals surface area contributed by atoms with Crippen molar-refractivity contribution in [3.8, 4) is 0 Å². The summed E-state index contributed by atoms with van der Waals surface area (Å²) in [4.78, 5) is 11.9. The highest BCUT2D eigenvalue weighted by Gasteiger charge is 2.47. The Hall–Kier alpha value is -1.84. The van der Waals surface area contributed by atoms with Crippen LogP contribution in [0, 0.1) is 6.92 Å². The molecular weight excluding hydrogens is 252 g/mol. The monoisotopic (exact) mass is 272 g/mol. The fraction of sp³-hybridized carbons (Fsp3) is 0.500. The molecule has 1 aromatic carbocycles. The van der Waals surface area contributed by atoms with Crippen molar-refractivity contribution in [2.45, 2.75) is 51.7 Å². The second-order valence-corrected chi connectivity index (χ2v) is 5.71. The van der Waals surface area contributed by atoms with E-state index in [0.29, 0.717) is 5.90 Å². The Morgan fingerprint density at radius 3 is 2.45 bits per heavy atom. The zero-order valence-corrected chi connectivity index (χ0v) is 12.1. The number of carbonyl (C=O) groups is 1. The van der Waals surface area contributed by atoms with Gasteiger partial charge in [-0.2, -0.15) is 5.01 Å². The van der Waals surface area contributed by atoms with Gasteiger partial charge in [-0.25, -0.2) is 0 Å². The van der Waals surface area contributed by atoms with Crippen LogP contribution in [-0.4, -0.2) is 22.5 Å². The molecule has 0 N–H and O–H groups in total. The number of carbonyl (C=O) groups excluding carboxylic acids is 1. The van der Waals surface area contributed by atoms with E-state index in [-0.39, 0.29) is 5.91 Å². The number of benzene rings is 1. The predicted molar refractivity (Wildman–Crippen MR) is 77.1 cm³/mol. The first-order chi connectivity index (χ1) is 9.61. The third kappa shape index (κ3) is 2.19. The van der Waals surface area contributed by atoms with Crippen LogP contribution >= 0.6 is 0 Å². The number of rotatable bonds is 1. The largest absolute Gasteiger partial charge is 0.447 e. The highest BCUT2D eigenvalue weighted by atomic mass is 16.6. The fourth-order valence-corrected chi connectivity index (χ4v) is 3.01. The van der Waals surface area contributed by atoms with Crippen molar-refractivity contribution in [3.63, 3.8) is 0 Å². The van der Waals surface area contributed by atoms with Crippen molar-refractivity contribution in [3.05, 3.63) is 35.4 Å². The number of hydrogen-bond donors (Lipinski definition) is 0. The summed E-state index contributed by atoms with van der Waals surface area (Å²) in [5.41, 5.74) is 1.59. The second kappa shape index (κ2) is 4.93. The molecule has 106 valence electrons. The Balaban J connectivity index is 1.92. The third-order valence-electron chi connectivity index (χ3n) is 4.10. The molecule has 1 aliphatic carbocycles. The van der Waals surface area contributed by atoms with Crippen molar-refractivity contribution >= 4 is 11.8 Å². The van der Waals surface area contributed by atoms with E-state index >= 15 is 0 Å². The molecule has 0 saturated heterocycles. The molecule has 0 aromatic heterocycles. The van der Waals surface area contributed by atoms with E-state index in [4.69, 9.17) is 4.74 Å².